The van der Waals surface area contributed by atoms with Crippen molar-refractivity contribution in [3.8, 4) is 10.6 Å². The molecule has 160 valence electrons. The highest BCUT2D eigenvalue weighted by atomic mass is 32.1. The zero-order chi connectivity index (χ0) is 21.5. The number of hydrogen-bond donors (Lipinski definition) is 2. The molecule has 1 aliphatic heterocycles. The summed E-state index contributed by atoms with van der Waals surface area (Å²) in [4.78, 5) is 27.5. The summed E-state index contributed by atoms with van der Waals surface area (Å²) < 4.78 is 1.98. The molecule has 5 rings (SSSR count). The number of carbonyl (C=O) groups excluding carboxylic acids is 1. The summed E-state index contributed by atoms with van der Waals surface area (Å²) in [6.07, 6.45) is 4.48. The van der Waals surface area contributed by atoms with Gasteiger partial charge in [0.15, 0.2) is 0 Å². The van der Waals surface area contributed by atoms with Crippen LogP contribution in [0.5, 0.6) is 0 Å². The summed E-state index contributed by atoms with van der Waals surface area (Å²) in [5.41, 5.74) is 4.84. The lowest BCUT2D eigenvalue weighted by Gasteiger charge is -2.29. The third-order valence-corrected chi connectivity index (χ3v) is 7.23. The molecule has 2 N–H and O–H groups in total. The quantitative estimate of drug-likeness (QED) is 0.512. The van der Waals surface area contributed by atoms with Crippen molar-refractivity contribution >= 4 is 38.6 Å². The lowest BCUT2D eigenvalue weighted by Crippen LogP contribution is -2.44. The Bertz CT molecular complexity index is 1260. The molecule has 7 nitrogen and oxygen atoms in total. The third-order valence-electron chi connectivity index (χ3n) is 6.22. The molecular weight excluding hydrogens is 408 g/mol. The Hall–Kier alpha value is -2.84. The first-order chi connectivity index (χ1) is 15.0. The Kier molecular flexibility index (Phi) is 5.19. The molecule has 0 spiro atoms. The van der Waals surface area contributed by atoms with Gasteiger partial charge in [0.1, 0.15) is 20.9 Å². The Morgan fingerprint density at radius 1 is 1.35 bits per heavy atom. The average Bonchev–Trinajstić information content (AvgIpc) is 3.37. The van der Waals surface area contributed by atoms with Gasteiger partial charge in [-0.3, -0.25) is 4.79 Å². The monoisotopic (exact) mass is 434 g/mol. The van der Waals surface area contributed by atoms with E-state index in [9.17, 15) is 4.79 Å². The minimum atomic E-state index is -0.0641. The predicted octanol–water partition coefficient (Wildman–Crippen LogP) is 3.67. The van der Waals surface area contributed by atoms with Gasteiger partial charge in [0.05, 0.1) is 24.1 Å². The largest absolute Gasteiger partial charge is 0.349 e. The van der Waals surface area contributed by atoms with Gasteiger partial charge in [-0.15, -0.1) is 0 Å². The van der Waals surface area contributed by atoms with Crippen LogP contribution in [0.3, 0.4) is 0 Å². The number of amides is 1. The number of imidazole rings is 1. The first-order valence-electron chi connectivity index (χ1n) is 10.7. The number of fused-ring (bicyclic) bond motifs is 3. The molecular formula is C23H26N6OS. The molecule has 3 atom stereocenters. The summed E-state index contributed by atoms with van der Waals surface area (Å²) >= 11 is 1.58. The Balaban J connectivity index is 1.41. The van der Waals surface area contributed by atoms with Gasteiger partial charge < -0.3 is 15.2 Å². The number of rotatable bonds is 4. The van der Waals surface area contributed by atoms with E-state index in [-0.39, 0.29) is 17.9 Å². The number of thiazole rings is 1. The van der Waals surface area contributed by atoms with Crippen molar-refractivity contribution in [1.29, 1.82) is 0 Å². The van der Waals surface area contributed by atoms with Gasteiger partial charge in [-0.05, 0) is 44.0 Å². The van der Waals surface area contributed by atoms with E-state index in [1.165, 1.54) is 0 Å². The number of benzene rings is 1. The molecule has 1 saturated heterocycles. The van der Waals surface area contributed by atoms with Crippen LogP contribution < -0.4 is 10.6 Å². The Morgan fingerprint density at radius 3 is 3.06 bits per heavy atom. The lowest BCUT2D eigenvalue weighted by molar-refractivity contribution is -0.127. The second-order valence-corrected chi connectivity index (χ2v) is 9.43. The maximum atomic E-state index is 12.8. The van der Waals surface area contributed by atoms with E-state index in [2.05, 4.69) is 45.7 Å². The van der Waals surface area contributed by atoms with Crippen molar-refractivity contribution in [3.63, 3.8) is 0 Å². The van der Waals surface area contributed by atoms with Crippen LogP contribution in [0.25, 0.3) is 32.0 Å². The summed E-state index contributed by atoms with van der Waals surface area (Å²) in [5.74, 6) is 0.574. The number of aryl methyl sites for hydroxylation is 1. The third kappa shape index (κ3) is 3.70. The van der Waals surface area contributed by atoms with E-state index in [0.717, 1.165) is 57.0 Å². The number of pyridine rings is 1. The van der Waals surface area contributed by atoms with Crippen molar-refractivity contribution in [1.82, 2.24) is 30.2 Å². The molecule has 0 saturated carbocycles. The van der Waals surface area contributed by atoms with E-state index in [1.54, 1.807) is 23.9 Å². The molecule has 1 aromatic carbocycles. The predicted molar refractivity (Wildman–Crippen MR) is 124 cm³/mol. The number of aromatic nitrogens is 4. The van der Waals surface area contributed by atoms with Gasteiger partial charge in [-0.2, -0.15) is 0 Å². The first-order valence-corrected chi connectivity index (χ1v) is 11.5. The fraction of sp³-hybridized carbons (Fsp3) is 0.391. The van der Waals surface area contributed by atoms with Gasteiger partial charge in [-0.1, -0.05) is 36.5 Å². The van der Waals surface area contributed by atoms with E-state index in [4.69, 9.17) is 4.98 Å². The highest BCUT2D eigenvalue weighted by molar-refractivity contribution is 7.21. The van der Waals surface area contributed by atoms with Crippen molar-refractivity contribution in [2.45, 2.75) is 26.3 Å². The van der Waals surface area contributed by atoms with Gasteiger partial charge in [0.2, 0.25) is 5.91 Å². The second kappa shape index (κ2) is 8.01. The van der Waals surface area contributed by atoms with Crippen LogP contribution >= 0.6 is 11.3 Å². The van der Waals surface area contributed by atoms with Crippen LogP contribution in [0, 0.1) is 11.8 Å². The molecule has 1 amide bonds. The normalized spacial score (nSPS) is 20.2. The summed E-state index contributed by atoms with van der Waals surface area (Å²) in [6.45, 7) is 5.99. The highest BCUT2D eigenvalue weighted by Crippen LogP contribution is 2.33. The maximum absolute atomic E-state index is 12.8. The molecule has 0 radical (unpaired) electrons. The summed E-state index contributed by atoms with van der Waals surface area (Å²) in [7, 11) is 1.97. The molecule has 0 bridgehead atoms. The first kappa shape index (κ1) is 20.1. The van der Waals surface area contributed by atoms with Crippen LogP contribution in [-0.4, -0.2) is 38.5 Å². The molecule has 31 heavy (non-hydrogen) atoms. The molecule has 4 heterocycles. The van der Waals surface area contributed by atoms with Crippen molar-refractivity contribution < 1.29 is 4.79 Å². The number of nitrogens with one attached hydrogen (secondary N) is 2. The van der Waals surface area contributed by atoms with E-state index in [1.807, 2.05) is 24.6 Å². The molecule has 1 aliphatic rings. The number of hydrogen-bond acceptors (Lipinski definition) is 6. The van der Waals surface area contributed by atoms with Crippen LogP contribution in [0.1, 0.15) is 31.9 Å². The maximum Gasteiger partial charge on any atom is 0.223 e. The number of carbonyl (C=O) groups is 1. The SMILES string of the molecule is CC1CNCCC1C(=O)N[C@@H](C)c1cccc(-c2nc3c(ncc4ncn(C)c43)s2)c1. The minimum Gasteiger partial charge on any atom is -0.349 e. The smallest absolute Gasteiger partial charge is 0.223 e. The summed E-state index contributed by atoms with van der Waals surface area (Å²) in [6, 6.07) is 8.20. The van der Waals surface area contributed by atoms with Crippen LogP contribution in [-0.2, 0) is 11.8 Å². The van der Waals surface area contributed by atoms with Crippen molar-refractivity contribution in [2.24, 2.45) is 18.9 Å². The highest BCUT2D eigenvalue weighted by Gasteiger charge is 2.28. The summed E-state index contributed by atoms with van der Waals surface area (Å²) in [5, 5.41) is 7.50. The molecule has 8 heteroatoms. The molecule has 2 unspecified atom stereocenters. The van der Waals surface area contributed by atoms with Gasteiger partial charge in [0.25, 0.3) is 0 Å². The average molecular weight is 435 g/mol. The fourth-order valence-corrected chi connectivity index (χ4v) is 5.29. The topological polar surface area (TPSA) is 84.7 Å². The lowest BCUT2D eigenvalue weighted by atomic mass is 9.87. The van der Waals surface area contributed by atoms with Crippen LogP contribution in [0.2, 0.25) is 0 Å². The van der Waals surface area contributed by atoms with E-state index < -0.39 is 0 Å². The molecule has 0 aliphatic carbocycles. The number of piperidine rings is 1. The second-order valence-electron chi connectivity index (χ2n) is 8.45. The van der Waals surface area contributed by atoms with Gasteiger partial charge >= 0.3 is 0 Å². The standard InChI is InChI=1S/C23H26N6OS/c1-13-10-24-8-7-17(13)21(30)27-14(2)15-5-4-6-16(9-15)22-28-19-20-18(26-12-29(20)3)11-25-23(19)31-22/h4-6,9,11-14,17,24H,7-8,10H2,1-3H3,(H,27,30)/t13?,14-,17?/m0/s1. The van der Waals surface area contributed by atoms with Gasteiger partial charge in [-0.25, -0.2) is 15.0 Å². The van der Waals surface area contributed by atoms with Crippen LogP contribution in [0.15, 0.2) is 36.8 Å². The Morgan fingerprint density at radius 2 is 2.23 bits per heavy atom. The zero-order valence-corrected chi connectivity index (χ0v) is 18.7. The van der Waals surface area contributed by atoms with E-state index >= 15 is 0 Å². The van der Waals surface area contributed by atoms with Crippen LogP contribution in [0.4, 0.5) is 0 Å². The van der Waals surface area contributed by atoms with Gasteiger partial charge in [0, 0.05) is 18.5 Å². The molecule has 3 aromatic heterocycles. The fourth-order valence-electron chi connectivity index (χ4n) is 4.38. The van der Waals surface area contributed by atoms with Crippen molar-refractivity contribution in [3.05, 3.63) is 42.4 Å². The minimum absolute atomic E-state index is 0.0641. The molecule has 4 aromatic rings. The zero-order valence-electron chi connectivity index (χ0n) is 17.9. The van der Waals surface area contributed by atoms with Crippen molar-refractivity contribution in [2.75, 3.05) is 13.1 Å². The van der Waals surface area contributed by atoms with E-state index in [0.29, 0.717) is 5.92 Å². The Labute approximate surface area is 184 Å². The number of nitrogens with zero attached hydrogens (tertiary/aromatic N) is 4. The molecule has 1 fully saturated rings.